The Bertz CT molecular complexity index is 816. The van der Waals surface area contributed by atoms with E-state index < -0.39 is 0 Å². The molecule has 0 spiro atoms. The van der Waals surface area contributed by atoms with Crippen LogP contribution in [0.4, 0.5) is 5.82 Å². The third-order valence-corrected chi connectivity index (χ3v) is 4.43. The minimum Gasteiger partial charge on any atom is -0.321 e. The Hall–Kier alpha value is -2.18. The number of anilines is 1. The second-order valence-corrected chi connectivity index (χ2v) is 7.36. The SMILES string of the molecule is CC(C)CC(=O)Cn1cc(N2CCNCC2=O)nc1-c1cccc(Cl)c1. The third-order valence-electron chi connectivity index (χ3n) is 4.20. The van der Waals surface area contributed by atoms with Crippen LogP contribution in [0.5, 0.6) is 0 Å². The van der Waals surface area contributed by atoms with Crippen molar-refractivity contribution in [3.63, 3.8) is 0 Å². The van der Waals surface area contributed by atoms with Gasteiger partial charge in [0.25, 0.3) is 0 Å². The average Bonchev–Trinajstić information content (AvgIpc) is 2.98. The summed E-state index contributed by atoms with van der Waals surface area (Å²) in [5, 5.41) is 3.65. The summed E-state index contributed by atoms with van der Waals surface area (Å²) in [6.07, 6.45) is 2.30. The fourth-order valence-corrected chi connectivity index (χ4v) is 3.26. The van der Waals surface area contributed by atoms with Gasteiger partial charge in [0.15, 0.2) is 11.6 Å². The van der Waals surface area contributed by atoms with Crippen molar-refractivity contribution in [3.05, 3.63) is 35.5 Å². The molecule has 1 aliphatic heterocycles. The summed E-state index contributed by atoms with van der Waals surface area (Å²) in [4.78, 5) is 30.9. The van der Waals surface area contributed by atoms with E-state index in [4.69, 9.17) is 11.6 Å². The zero-order valence-corrected chi connectivity index (χ0v) is 15.8. The van der Waals surface area contributed by atoms with Crippen molar-refractivity contribution in [1.82, 2.24) is 14.9 Å². The van der Waals surface area contributed by atoms with Crippen molar-refractivity contribution in [1.29, 1.82) is 0 Å². The van der Waals surface area contributed by atoms with Crippen molar-refractivity contribution >= 4 is 29.1 Å². The number of halogens is 1. The molecular formula is C19H23ClN4O2. The van der Waals surface area contributed by atoms with Crippen molar-refractivity contribution in [2.75, 3.05) is 24.5 Å². The molecule has 1 N–H and O–H groups in total. The van der Waals surface area contributed by atoms with Crippen LogP contribution in [-0.4, -0.2) is 40.9 Å². The maximum absolute atomic E-state index is 12.4. The molecule has 1 aromatic carbocycles. The molecule has 2 heterocycles. The van der Waals surface area contributed by atoms with Gasteiger partial charge in [0.05, 0.1) is 13.1 Å². The predicted octanol–water partition coefficient (Wildman–Crippen LogP) is 2.75. The second-order valence-electron chi connectivity index (χ2n) is 6.92. The number of ketones is 1. The molecule has 1 aliphatic rings. The summed E-state index contributed by atoms with van der Waals surface area (Å²) in [5.41, 5.74) is 0.823. The van der Waals surface area contributed by atoms with Crippen molar-refractivity contribution < 1.29 is 9.59 Å². The first-order valence-electron chi connectivity index (χ1n) is 8.80. The number of benzene rings is 1. The molecule has 0 bridgehead atoms. The number of nitrogens with one attached hydrogen (secondary N) is 1. The monoisotopic (exact) mass is 374 g/mol. The molecule has 138 valence electrons. The summed E-state index contributed by atoms with van der Waals surface area (Å²) >= 11 is 6.12. The standard InChI is InChI=1S/C19H23ClN4O2/c1-13(2)8-16(25)11-23-12-17(24-7-6-21-10-18(24)26)22-19(23)14-4-3-5-15(20)9-14/h3-5,9,12-13,21H,6-8,10-11H2,1-2H3. The molecule has 0 atom stereocenters. The molecule has 1 fully saturated rings. The van der Waals surface area contributed by atoms with Crippen molar-refractivity contribution in [2.24, 2.45) is 5.92 Å². The lowest BCUT2D eigenvalue weighted by Crippen LogP contribution is -2.48. The van der Waals surface area contributed by atoms with Crippen molar-refractivity contribution in [2.45, 2.75) is 26.8 Å². The summed E-state index contributed by atoms with van der Waals surface area (Å²) in [6, 6.07) is 7.36. The maximum atomic E-state index is 12.4. The Morgan fingerprint density at radius 1 is 1.38 bits per heavy atom. The zero-order valence-electron chi connectivity index (χ0n) is 15.0. The van der Waals surface area contributed by atoms with Gasteiger partial charge in [0, 0.05) is 36.3 Å². The predicted molar refractivity (Wildman–Crippen MR) is 102 cm³/mol. The second kappa shape index (κ2) is 8.01. The number of aromatic nitrogens is 2. The van der Waals surface area contributed by atoms with Crippen molar-refractivity contribution in [3.8, 4) is 11.4 Å². The van der Waals surface area contributed by atoms with Crippen LogP contribution in [0.15, 0.2) is 30.5 Å². The number of rotatable bonds is 6. The van der Waals surface area contributed by atoms with Gasteiger partial charge in [0.2, 0.25) is 5.91 Å². The van der Waals surface area contributed by atoms with Gasteiger partial charge < -0.3 is 9.88 Å². The highest BCUT2D eigenvalue weighted by Crippen LogP contribution is 2.26. The van der Waals surface area contributed by atoms with Gasteiger partial charge in [-0.2, -0.15) is 0 Å². The highest BCUT2D eigenvalue weighted by atomic mass is 35.5. The van der Waals surface area contributed by atoms with E-state index in [2.05, 4.69) is 10.3 Å². The van der Waals surface area contributed by atoms with Crippen LogP contribution in [0.2, 0.25) is 5.02 Å². The van der Waals surface area contributed by atoms with Crippen LogP contribution in [0.3, 0.4) is 0 Å². The zero-order chi connectivity index (χ0) is 18.7. The van der Waals surface area contributed by atoms with Gasteiger partial charge in [-0.1, -0.05) is 37.6 Å². The summed E-state index contributed by atoms with van der Waals surface area (Å²) in [6.45, 7) is 5.85. The summed E-state index contributed by atoms with van der Waals surface area (Å²) in [5.74, 6) is 1.63. The largest absolute Gasteiger partial charge is 0.321 e. The number of nitrogens with zero attached hydrogens (tertiary/aromatic N) is 3. The molecule has 6 nitrogen and oxygen atoms in total. The first-order valence-corrected chi connectivity index (χ1v) is 9.17. The van der Waals surface area contributed by atoms with Crippen LogP contribution >= 0.6 is 11.6 Å². The Morgan fingerprint density at radius 3 is 2.88 bits per heavy atom. The van der Waals surface area contributed by atoms with Crippen LogP contribution in [0, 0.1) is 5.92 Å². The lowest BCUT2D eigenvalue weighted by Gasteiger charge is -2.25. The molecule has 7 heteroatoms. The number of amides is 1. The molecular weight excluding hydrogens is 352 g/mol. The van der Waals surface area contributed by atoms with E-state index >= 15 is 0 Å². The molecule has 26 heavy (non-hydrogen) atoms. The Labute approximate surface area is 158 Å². The Kier molecular flexibility index (Phi) is 5.74. The number of carbonyl (C=O) groups is 2. The molecule has 0 aliphatic carbocycles. The molecule has 1 aromatic heterocycles. The number of Topliss-reactive ketones (excluding diaryl/α,β-unsaturated/α-hetero) is 1. The number of piperazine rings is 1. The highest BCUT2D eigenvalue weighted by molar-refractivity contribution is 6.30. The van der Waals surface area contributed by atoms with E-state index in [0.29, 0.717) is 42.1 Å². The minimum absolute atomic E-state index is 0.0212. The first-order chi connectivity index (χ1) is 12.4. The fourth-order valence-electron chi connectivity index (χ4n) is 3.07. The fraction of sp³-hybridized carbons (Fsp3) is 0.421. The topological polar surface area (TPSA) is 67.2 Å². The smallest absolute Gasteiger partial charge is 0.242 e. The average molecular weight is 375 g/mol. The van der Waals surface area contributed by atoms with Gasteiger partial charge in [-0.3, -0.25) is 14.5 Å². The van der Waals surface area contributed by atoms with Gasteiger partial charge >= 0.3 is 0 Å². The Morgan fingerprint density at radius 2 is 2.19 bits per heavy atom. The van der Waals surface area contributed by atoms with E-state index in [-0.39, 0.29) is 18.2 Å². The number of hydrogen-bond donors (Lipinski definition) is 1. The lowest BCUT2D eigenvalue weighted by molar-refractivity contribution is -0.120. The quantitative estimate of drug-likeness (QED) is 0.844. The molecule has 2 aromatic rings. The normalized spacial score (nSPS) is 14.9. The summed E-state index contributed by atoms with van der Waals surface area (Å²) < 4.78 is 1.82. The minimum atomic E-state index is -0.0212. The molecule has 3 rings (SSSR count). The number of carbonyl (C=O) groups excluding carboxylic acids is 2. The van der Waals surface area contributed by atoms with Crippen LogP contribution in [0.25, 0.3) is 11.4 Å². The third kappa shape index (κ3) is 4.31. The van der Waals surface area contributed by atoms with Gasteiger partial charge in [-0.15, -0.1) is 0 Å². The molecule has 1 amide bonds. The molecule has 0 saturated carbocycles. The van der Waals surface area contributed by atoms with Crippen LogP contribution < -0.4 is 10.2 Å². The van der Waals surface area contributed by atoms with E-state index in [9.17, 15) is 9.59 Å². The number of hydrogen-bond acceptors (Lipinski definition) is 4. The lowest BCUT2D eigenvalue weighted by atomic mass is 10.1. The number of imidazole rings is 1. The molecule has 1 saturated heterocycles. The van der Waals surface area contributed by atoms with Crippen LogP contribution in [0.1, 0.15) is 20.3 Å². The highest BCUT2D eigenvalue weighted by Gasteiger charge is 2.24. The van der Waals surface area contributed by atoms with E-state index in [1.165, 1.54) is 0 Å². The maximum Gasteiger partial charge on any atom is 0.242 e. The van der Waals surface area contributed by atoms with Gasteiger partial charge in [-0.05, 0) is 18.1 Å². The summed E-state index contributed by atoms with van der Waals surface area (Å²) in [7, 11) is 0. The first kappa shape index (κ1) is 18.6. The van der Waals surface area contributed by atoms with Crippen LogP contribution in [-0.2, 0) is 16.1 Å². The van der Waals surface area contributed by atoms with Gasteiger partial charge in [0.1, 0.15) is 5.82 Å². The van der Waals surface area contributed by atoms with E-state index in [0.717, 1.165) is 12.1 Å². The molecule has 0 unspecified atom stereocenters. The van der Waals surface area contributed by atoms with E-state index in [1.54, 1.807) is 17.2 Å². The molecule has 0 radical (unpaired) electrons. The van der Waals surface area contributed by atoms with E-state index in [1.807, 2.05) is 36.6 Å². The van der Waals surface area contributed by atoms with Gasteiger partial charge in [-0.25, -0.2) is 4.98 Å². The Balaban J connectivity index is 1.97.